The maximum atomic E-state index is 13.0. The first-order valence-electron chi connectivity index (χ1n) is 9.62. The van der Waals surface area contributed by atoms with Gasteiger partial charge in [-0.3, -0.25) is 25.0 Å². The molecule has 1 fully saturated rings. The first kappa shape index (κ1) is 23.5. The minimum Gasteiger partial charge on any atom is -0.490 e. The number of benzene rings is 2. The highest BCUT2D eigenvalue weighted by Crippen LogP contribution is 2.37. The summed E-state index contributed by atoms with van der Waals surface area (Å²) in [6.45, 7) is 5.82. The van der Waals surface area contributed by atoms with Crippen LogP contribution < -0.4 is 19.7 Å². The number of amides is 4. The number of anilines is 1. The van der Waals surface area contributed by atoms with Gasteiger partial charge in [-0.15, -0.1) is 0 Å². The van der Waals surface area contributed by atoms with Crippen molar-refractivity contribution in [3.05, 3.63) is 75.3 Å². The summed E-state index contributed by atoms with van der Waals surface area (Å²) in [5.41, 5.74) is -0.425. The average molecular weight is 472 g/mol. The highest BCUT2D eigenvalue weighted by Gasteiger charge is 2.37. The summed E-state index contributed by atoms with van der Waals surface area (Å²) in [5, 5.41) is 13.3. The zero-order chi connectivity index (χ0) is 24.1. The number of carbonyl (C=O) groups is 3. The molecule has 0 bridgehead atoms. The van der Waals surface area contributed by atoms with Crippen molar-refractivity contribution in [1.82, 2.24) is 5.32 Å². The molecular formula is C22H18ClN3O7. The van der Waals surface area contributed by atoms with Crippen molar-refractivity contribution in [2.45, 2.75) is 6.92 Å². The molecule has 1 aliphatic rings. The lowest BCUT2D eigenvalue weighted by molar-refractivity contribution is -0.384. The van der Waals surface area contributed by atoms with E-state index in [9.17, 15) is 24.5 Å². The number of barbiturate groups is 1. The first-order chi connectivity index (χ1) is 15.8. The minimum absolute atomic E-state index is 0.0636. The van der Waals surface area contributed by atoms with Crippen molar-refractivity contribution in [3.63, 3.8) is 0 Å². The summed E-state index contributed by atoms with van der Waals surface area (Å²) in [6, 6.07) is 6.90. The molecule has 0 unspecified atom stereocenters. The van der Waals surface area contributed by atoms with Crippen LogP contribution in [0.2, 0.25) is 5.02 Å². The van der Waals surface area contributed by atoms with Gasteiger partial charge in [-0.1, -0.05) is 30.3 Å². The van der Waals surface area contributed by atoms with Crippen molar-refractivity contribution < 1.29 is 28.8 Å². The number of nitro benzene ring substituents is 1. The Morgan fingerprint density at radius 1 is 1.21 bits per heavy atom. The second kappa shape index (κ2) is 9.96. The molecule has 10 nitrogen and oxygen atoms in total. The van der Waals surface area contributed by atoms with Crippen LogP contribution in [0.3, 0.4) is 0 Å². The van der Waals surface area contributed by atoms with E-state index in [1.54, 1.807) is 6.92 Å². The third-order valence-corrected chi connectivity index (χ3v) is 4.67. The van der Waals surface area contributed by atoms with Crippen LogP contribution in [0.15, 0.2) is 54.6 Å². The van der Waals surface area contributed by atoms with Gasteiger partial charge in [-0.2, -0.15) is 0 Å². The Hall–Kier alpha value is -4.18. The molecule has 11 heteroatoms. The number of nitro groups is 1. The number of nitrogens with one attached hydrogen (secondary N) is 1. The molecule has 0 radical (unpaired) electrons. The second-order valence-electron chi connectivity index (χ2n) is 6.60. The number of ether oxygens (including phenoxy) is 2. The molecule has 1 saturated heterocycles. The van der Waals surface area contributed by atoms with Crippen LogP contribution in [0.25, 0.3) is 6.08 Å². The highest BCUT2D eigenvalue weighted by molar-refractivity contribution is 6.39. The molecule has 1 heterocycles. The number of nitrogens with zero attached hydrogens (tertiary/aromatic N) is 2. The fourth-order valence-corrected chi connectivity index (χ4v) is 3.29. The van der Waals surface area contributed by atoms with Gasteiger partial charge in [-0.05, 0) is 36.8 Å². The van der Waals surface area contributed by atoms with Crippen molar-refractivity contribution >= 4 is 46.9 Å². The fourth-order valence-electron chi connectivity index (χ4n) is 3.02. The Bertz CT molecular complexity index is 1190. The highest BCUT2D eigenvalue weighted by atomic mass is 35.5. The van der Waals surface area contributed by atoms with E-state index in [1.807, 2.05) is 0 Å². The minimum atomic E-state index is -1.02. The Balaban J connectivity index is 2.03. The Morgan fingerprint density at radius 2 is 1.97 bits per heavy atom. The van der Waals surface area contributed by atoms with E-state index in [1.165, 1.54) is 42.5 Å². The lowest BCUT2D eigenvalue weighted by atomic mass is 10.1. The summed E-state index contributed by atoms with van der Waals surface area (Å²) in [4.78, 5) is 48.9. The first-order valence-corrected chi connectivity index (χ1v) is 10.0. The SMILES string of the molecule is C=CCOc1c(Cl)cc(/C=C2\C(=O)NC(=O)N(c3cccc([N+](=O)[O-])c3)C2=O)cc1OCC. The molecule has 0 spiro atoms. The maximum absolute atomic E-state index is 13.0. The molecule has 3 rings (SSSR count). The second-order valence-corrected chi connectivity index (χ2v) is 7.00. The number of urea groups is 1. The van der Waals surface area contributed by atoms with Crippen LogP contribution in [-0.2, 0) is 9.59 Å². The third-order valence-electron chi connectivity index (χ3n) is 4.39. The van der Waals surface area contributed by atoms with Crippen LogP contribution in [-0.4, -0.2) is 36.0 Å². The molecule has 0 atom stereocenters. The zero-order valence-electron chi connectivity index (χ0n) is 17.4. The topological polar surface area (TPSA) is 128 Å². The summed E-state index contributed by atoms with van der Waals surface area (Å²) in [7, 11) is 0. The predicted molar refractivity (Wildman–Crippen MR) is 120 cm³/mol. The smallest absolute Gasteiger partial charge is 0.335 e. The van der Waals surface area contributed by atoms with Gasteiger partial charge in [-0.25, -0.2) is 9.69 Å². The molecule has 0 aliphatic carbocycles. The van der Waals surface area contributed by atoms with Gasteiger partial charge in [0.1, 0.15) is 12.2 Å². The van der Waals surface area contributed by atoms with Crippen molar-refractivity contribution in [1.29, 1.82) is 0 Å². The molecule has 170 valence electrons. The number of hydrogen-bond donors (Lipinski definition) is 1. The zero-order valence-corrected chi connectivity index (χ0v) is 18.1. The Morgan fingerprint density at radius 3 is 2.64 bits per heavy atom. The lowest BCUT2D eigenvalue weighted by Gasteiger charge is -2.26. The molecule has 0 saturated carbocycles. The molecule has 1 aliphatic heterocycles. The molecule has 2 aromatic carbocycles. The normalized spacial score (nSPS) is 14.8. The van der Waals surface area contributed by atoms with Gasteiger partial charge in [0.25, 0.3) is 17.5 Å². The summed E-state index contributed by atoms with van der Waals surface area (Å²) in [5.74, 6) is -1.32. The Kier molecular flexibility index (Phi) is 7.09. The van der Waals surface area contributed by atoms with Crippen LogP contribution in [0.4, 0.5) is 16.2 Å². The van der Waals surface area contributed by atoms with Gasteiger partial charge in [0.15, 0.2) is 11.5 Å². The van der Waals surface area contributed by atoms with Crippen molar-refractivity contribution in [2.24, 2.45) is 0 Å². The molecule has 2 aromatic rings. The molecule has 1 N–H and O–H groups in total. The van der Waals surface area contributed by atoms with Crippen LogP contribution in [0, 0.1) is 10.1 Å². The predicted octanol–water partition coefficient (Wildman–Crippen LogP) is 3.88. The number of imide groups is 2. The van der Waals surface area contributed by atoms with Gasteiger partial charge in [0.05, 0.1) is 22.2 Å². The van der Waals surface area contributed by atoms with E-state index in [4.69, 9.17) is 21.1 Å². The van der Waals surface area contributed by atoms with Crippen molar-refractivity contribution in [3.8, 4) is 11.5 Å². The lowest BCUT2D eigenvalue weighted by Crippen LogP contribution is -2.54. The van der Waals surface area contributed by atoms with Crippen LogP contribution in [0.1, 0.15) is 12.5 Å². The van der Waals surface area contributed by atoms with E-state index >= 15 is 0 Å². The molecular weight excluding hydrogens is 454 g/mol. The van der Waals surface area contributed by atoms with Gasteiger partial charge in [0, 0.05) is 12.1 Å². The average Bonchev–Trinajstić information content (AvgIpc) is 2.76. The number of carbonyl (C=O) groups excluding carboxylic acids is 3. The quantitative estimate of drug-likeness (QED) is 0.203. The van der Waals surface area contributed by atoms with E-state index in [2.05, 4.69) is 11.9 Å². The maximum Gasteiger partial charge on any atom is 0.335 e. The number of non-ortho nitro benzene ring substituents is 1. The molecule has 0 aromatic heterocycles. The van der Waals surface area contributed by atoms with Crippen LogP contribution >= 0.6 is 11.6 Å². The van der Waals surface area contributed by atoms with Gasteiger partial charge in [0.2, 0.25) is 0 Å². The fraction of sp³-hybridized carbons (Fsp3) is 0.136. The number of halogens is 1. The molecule has 33 heavy (non-hydrogen) atoms. The largest absolute Gasteiger partial charge is 0.490 e. The summed E-state index contributed by atoms with van der Waals surface area (Å²) >= 11 is 6.31. The monoisotopic (exact) mass is 471 g/mol. The van der Waals surface area contributed by atoms with Crippen molar-refractivity contribution in [2.75, 3.05) is 18.1 Å². The summed E-state index contributed by atoms with van der Waals surface area (Å²) < 4.78 is 11.1. The van der Waals surface area contributed by atoms with Crippen LogP contribution in [0.5, 0.6) is 11.5 Å². The van der Waals surface area contributed by atoms with Gasteiger partial charge >= 0.3 is 6.03 Å². The van der Waals surface area contributed by atoms with Gasteiger partial charge < -0.3 is 9.47 Å². The standard InChI is InChI=1S/C22H18ClN3O7/c1-3-8-33-19-17(23)10-13(11-18(19)32-4-2)9-16-20(27)24-22(29)25(21(16)28)14-6-5-7-15(12-14)26(30)31/h3,5-7,9-12H,1,4,8H2,2H3,(H,24,27,29)/b16-9+. The number of rotatable bonds is 8. The number of hydrogen-bond acceptors (Lipinski definition) is 7. The third kappa shape index (κ3) is 5.01. The van der Waals surface area contributed by atoms with E-state index < -0.39 is 22.8 Å². The van der Waals surface area contributed by atoms with E-state index in [0.29, 0.717) is 17.1 Å². The molecule has 4 amide bonds. The Labute approximate surface area is 193 Å². The van der Waals surface area contributed by atoms with E-state index in [-0.39, 0.29) is 40.1 Å². The van der Waals surface area contributed by atoms with E-state index in [0.717, 1.165) is 6.07 Å². The summed E-state index contributed by atoms with van der Waals surface area (Å²) in [6.07, 6.45) is 2.77.